The van der Waals surface area contributed by atoms with E-state index in [9.17, 15) is 18.0 Å². The molecule has 0 bridgehead atoms. The van der Waals surface area contributed by atoms with Crippen LogP contribution in [0.4, 0.5) is 24.5 Å². The second kappa shape index (κ2) is 10.1. The fraction of sp³-hybridized carbons (Fsp3) is 0.214. The van der Waals surface area contributed by atoms with Crippen LogP contribution in [0.25, 0.3) is 22.5 Å². The van der Waals surface area contributed by atoms with Gasteiger partial charge in [-0.25, -0.2) is 0 Å². The van der Waals surface area contributed by atoms with Gasteiger partial charge in [-0.1, -0.05) is 42.0 Å². The molecular weight excluding hydrogens is 481 g/mol. The number of aromatic nitrogens is 2. The normalized spacial score (nSPS) is 14.0. The van der Waals surface area contributed by atoms with Crippen LogP contribution in [-0.2, 0) is 10.9 Å². The van der Waals surface area contributed by atoms with Crippen LogP contribution in [0.5, 0.6) is 0 Å². The van der Waals surface area contributed by atoms with Crippen molar-refractivity contribution >= 4 is 17.3 Å². The van der Waals surface area contributed by atoms with Crippen LogP contribution < -0.4 is 10.2 Å². The van der Waals surface area contributed by atoms with Crippen LogP contribution in [0.1, 0.15) is 21.5 Å². The third-order valence-corrected chi connectivity index (χ3v) is 6.27. The standard InChI is InChI=1S/C28H25F3N4O2/c1-18-5-7-19(8-6-18)24-17-25(34-33-24)20-3-2-4-22(15-20)32-27(36)21-9-10-23(28(29,30)31)26(16-21)35-11-13-37-14-12-35/h2-10,15-17H,11-14H2,1H3,(H,32,36)(H,33,34). The topological polar surface area (TPSA) is 70.2 Å². The van der Waals surface area contributed by atoms with Crippen molar-refractivity contribution in [2.75, 3.05) is 36.5 Å². The number of hydrogen-bond donors (Lipinski definition) is 2. The van der Waals surface area contributed by atoms with Gasteiger partial charge in [-0.3, -0.25) is 9.89 Å². The van der Waals surface area contributed by atoms with Gasteiger partial charge in [0.05, 0.1) is 30.2 Å². The molecule has 0 atom stereocenters. The number of nitrogens with one attached hydrogen (secondary N) is 2. The van der Waals surface area contributed by atoms with Crippen molar-refractivity contribution < 1.29 is 22.7 Å². The second-order valence-electron chi connectivity index (χ2n) is 8.90. The zero-order valence-electron chi connectivity index (χ0n) is 20.1. The molecule has 0 aliphatic carbocycles. The van der Waals surface area contributed by atoms with Crippen molar-refractivity contribution in [1.29, 1.82) is 0 Å². The van der Waals surface area contributed by atoms with Crippen molar-refractivity contribution in [1.82, 2.24) is 10.2 Å². The number of benzene rings is 3. The molecule has 2 heterocycles. The van der Waals surface area contributed by atoms with E-state index in [4.69, 9.17) is 4.74 Å². The number of anilines is 2. The van der Waals surface area contributed by atoms with Gasteiger partial charge in [0, 0.05) is 35.6 Å². The zero-order chi connectivity index (χ0) is 26.0. The first kappa shape index (κ1) is 24.6. The number of alkyl halides is 3. The lowest BCUT2D eigenvalue weighted by atomic mass is 10.1. The first-order valence-corrected chi connectivity index (χ1v) is 11.9. The molecule has 1 fully saturated rings. The van der Waals surface area contributed by atoms with Gasteiger partial charge in [0.1, 0.15) is 0 Å². The number of H-pyrrole nitrogens is 1. The zero-order valence-corrected chi connectivity index (χ0v) is 20.1. The van der Waals surface area contributed by atoms with Crippen molar-refractivity contribution in [3.63, 3.8) is 0 Å². The number of carbonyl (C=O) groups is 1. The Hall–Kier alpha value is -4.11. The minimum absolute atomic E-state index is 0.0163. The van der Waals surface area contributed by atoms with Crippen molar-refractivity contribution in [3.05, 3.63) is 89.5 Å². The Kier molecular flexibility index (Phi) is 6.71. The van der Waals surface area contributed by atoms with Crippen LogP contribution in [0, 0.1) is 6.92 Å². The summed E-state index contributed by atoms with van der Waals surface area (Å²) < 4.78 is 46.2. The summed E-state index contributed by atoms with van der Waals surface area (Å²) in [6.07, 6.45) is -4.53. The predicted molar refractivity (Wildman–Crippen MR) is 137 cm³/mol. The number of hydrogen-bond acceptors (Lipinski definition) is 4. The van der Waals surface area contributed by atoms with Crippen LogP contribution in [0.2, 0.25) is 0 Å². The summed E-state index contributed by atoms with van der Waals surface area (Å²) in [7, 11) is 0. The Morgan fingerprint density at radius 1 is 0.973 bits per heavy atom. The first-order chi connectivity index (χ1) is 17.8. The SMILES string of the molecule is Cc1ccc(-c2cc(-c3cccc(NC(=O)c4ccc(C(F)(F)F)c(N5CCOCC5)c4)c3)n[nH]2)cc1. The molecule has 6 nitrogen and oxygen atoms in total. The molecule has 2 N–H and O–H groups in total. The number of carbonyl (C=O) groups excluding carboxylic acids is 1. The lowest BCUT2D eigenvalue weighted by Crippen LogP contribution is -2.37. The number of aryl methyl sites for hydroxylation is 1. The largest absolute Gasteiger partial charge is 0.418 e. The molecule has 5 rings (SSSR count). The molecule has 1 aromatic heterocycles. The van der Waals surface area contributed by atoms with Gasteiger partial charge in [0.15, 0.2) is 0 Å². The Bertz CT molecular complexity index is 1410. The average Bonchev–Trinajstić information content (AvgIpc) is 3.39. The van der Waals surface area contributed by atoms with E-state index >= 15 is 0 Å². The molecule has 1 saturated heterocycles. The minimum Gasteiger partial charge on any atom is -0.378 e. The van der Waals surface area contributed by atoms with Gasteiger partial charge in [0.25, 0.3) is 5.91 Å². The van der Waals surface area contributed by atoms with E-state index in [-0.39, 0.29) is 11.3 Å². The molecule has 9 heteroatoms. The van der Waals surface area contributed by atoms with Gasteiger partial charge in [0.2, 0.25) is 0 Å². The van der Waals surface area contributed by atoms with Crippen LogP contribution in [0.3, 0.4) is 0 Å². The summed E-state index contributed by atoms with van der Waals surface area (Å²) in [5.74, 6) is -0.497. The number of halogens is 3. The summed E-state index contributed by atoms with van der Waals surface area (Å²) in [5.41, 5.74) is 4.39. The third kappa shape index (κ3) is 5.51. The van der Waals surface area contributed by atoms with E-state index in [2.05, 4.69) is 15.5 Å². The Balaban J connectivity index is 1.37. The smallest absolute Gasteiger partial charge is 0.378 e. The van der Waals surface area contributed by atoms with Crippen LogP contribution in [-0.4, -0.2) is 42.4 Å². The monoisotopic (exact) mass is 506 g/mol. The number of amides is 1. The van der Waals surface area contributed by atoms with E-state index < -0.39 is 17.6 Å². The van der Waals surface area contributed by atoms with Gasteiger partial charge < -0.3 is 15.0 Å². The summed E-state index contributed by atoms with van der Waals surface area (Å²) in [5, 5.41) is 10.2. The van der Waals surface area contributed by atoms with Gasteiger partial charge in [-0.15, -0.1) is 0 Å². The molecule has 0 spiro atoms. The van der Waals surface area contributed by atoms with Gasteiger partial charge in [-0.2, -0.15) is 18.3 Å². The molecule has 4 aromatic rings. The summed E-state index contributed by atoms with van der Waals surface area (Å²) in [6, 6.07) is 20.6. The lowest BCUT2D eigenvalue weighted by molar-refractivity contribution is -0.137. The average molecular weight is 507 g/mol. The highest BCUT2D eigenvalue weighted by molar-refractivity contribution is 6.05. The third-order valence-electron chi connectivity index (χ3n) is 6.27. The first-order valence-electron chi connectivity index (χ1n) is 11.9. The van der Waals surface area contributed by atoms with E-state index in [0.717, 1.165) is 28.5 Å². The molecular formula is C28H25F3N4O2. The highest BCUT2D eigenvalue weighted by Crippen LogP contribution is 2.37. The Morgan fingerprint density at radius 3 is 2.46 bits per heavy atom. The molecule has 1 aliphatic heterocycles. The highest BCUT2D eigenvalue weighted by Gasteiger charge is 2.35. The highest BCUT2D eigenvalue weighted by atomic mass is 19.4. The van der Waals surface area contributed by atoms with Crippen LogP contribution >= 0.6 is 0 Å². The number of ether oxygens (including phenoxy) is 1. The Morgan fingerprint density at radius 2 is 1.73 bits per heavy atom. The number of morpholine rings is 1. The van der Waals surface area contributed by atoms with E-state index in [0.29, 0.717) is 37.7 Å². The van der Waals surface area contributed by atoms with E-state index in [1.54, 1.807) is 23.1 Å². The summed E-state index contributed by atoms with van der Waals surface area (Å²) in [6.45, 7) is 3.34. The van der Waals surface area contributed by atoms with Crippen molar-refractivity contribution in [2.24, 2.45) is 0 Å². The molecule has 37 heavy (non-hydrogen) atoms. The van der Waals surface area contributed by atoms with Gasteiger partial charge >= 0.3 is 6.18 Å². The molecule has 190 valence electrons. The predicted octanol–water partition coefficient (Wildman–Crippen LogP) is 6.16. The molecule has 0 saturated carbocycles. The number of aromatic amines is 1. The van der Waals surface area contributed by atoms with E-state index in [1.807, 2.05) is 43.3 Å². The van der Waals surface area contributed by atoms with Crippen molar-refractivity contribution in [3.8, 4) is 22.5 Å². The molecule has 3 aromatic carbocycles. The minimum atomic E-state index is -4.53. The maximum atomic E-state index is 13.6. The quantitative estimate of drug-likeness (QED) is 0.340. The Labute approximate surface area is 212 Å². The summed E-state index contributed by atoms with van der Waals surface area (Å²) in [4.78, 5) is 14.6. The molecule has 1 aliphatic rings. The lowest BCUT2D eigenvalue weighted by Gasteiger charge is -2.31. The van der Waals surface area contributed by atoms with Crippen molar-refractivity contribution in [2.45, 2.75) is 13.1 Å². The molecule has 0 radical (unpaired) electrons. The maximum Gasteiger partial charge on any atom is 0.418 e. The second-order valence-corrected chi connectivity index (χ2v) is 8.90. The molecule has 0 unspecified atom stereocenters. The molecule has 1 amide bonds. The number of rotatable bonds is 5. The fourth-order valence-electron chi connectivity index (χ4n) is 4.29. The van der Waals surface area contributed by atoms with Gasteiger partial charge in [-0.05, 0) is 48.9 Å². The fourth-order valence-corrected chi connectivity index (χ4v) is 4.29. The van der Waals surface area contributed by atoms with E-state index in [1.165, 1.54) is 12.1 Å². The number of nitrogens with zero attached hydrogens (tertiary/aromatic N) is 2. The summed E-state index contributed by atoms with van der Waals surface area (Å²) >= 11 is 0. The maximum absolute atomic E-state index is 13.6. The van der Waals surface area contributed by atoms with Crippen LogP contribution in [0.15, 0.2) is 72.8 Å².